The molecule has 14 nitrogen and oxygen atoms in total. The van der Waals surface area contributed by atoms with Crippen LogP contribution in [0, 0.1) is 0 Å². The third-order valence-electron chi connectivity index (χ3n) is 6.04. The number of para-hydroxylation sites is 2. The van der Waals surface area contributed by atoms with Crippen LogP contribution >= 0.6 is 0 Å². The van der Waals surface area contributed by atoms with Gasteiger partial charge in [0.05, 0.1) is 54.9 Å². The van der Waals surface area contributed by atoms with Crippen LogP contribution in [0.5, 0.6) is 17.2 Å². The molecule has 2 aromatic carbocycles. The Labute approximate surface area is 233 Å². The van der Waals surface area contributed by atoms with Gasteiger partial charge in [-0.05, 0) is 24.3 Å². The van der Waals surface area contributed by atoms with Crippen LogP contribution in [-0.2, 0) is 13.1 Å². The van der Waals surface area contributed by atoms with Crippen LogP contribution in [0.3, 0.4) is 0 Å². The maximum Gasteiger partial charge on any atom is 0.302 e. The highest BCUT2D eigenvalue weighted by Crippen LogP contribution is 2.40. The van der Waals surface area contributed by atoms with Crippen LogP contribution in [0.2, 0.25) is 0 Å². The van der Waals surface area contributed by atoms with Crippen molar-refractivity contribution in [3.8, 4) is 23.2 Å². The minimum absolute atomic E-state index is 0.140. The fourth-order valence-electron chi connectivity index (χ4n) is 4.17. The zero-order valence-electron chi connectivity index (χ0n) is 22.0. The van der Waals surface area contributed by atoms with E-state index >= 15 is 0 Å². The van der Waals surface area contributed by atoms with Gasteiger partial charge in [-0.2, -0.15) is 4.98 Å². The standard InChI is InChI=1S/C27H25N11O3/c1-40-23-15-19(14-22(39)24(23)41-13-12-37-11-10-32-36-37)33-25-30-17-31-27(35-25)38-21-8-3-2-7-20(21)34-26(38)29-16-18-6-4-5-9-28-18/h2-11,14-15,17,39H,12-13,16H2,1H3,(H,29,34)(H,30,31,33,35)/p+1. The Morgan fingerprint density at radius 3 is 2.71 bits per heavy atom. The summed E-state index contributed by atoms with van der Waals surface area (Å²) < 4.78 is 14.8. The van der Waals surface area contributed by atoms with Crippen molar-refractivity contribution in [3.05, 3.63) is 85.2 Å². The van der Waals surface area contributed by atoms with Crippen molar-refractivity contribution >= 4 is 28.6 Å². The van der Waals surface area contributed by atoms with Crippen molar-refractivity contribution in [1.82, 2.24) is 44.5 Å². The topological polar surface area (TPSA) is 166 Å². The Balaban J connectivity index is 1.25. The number of ether oxygens (including phenoxy) is 2. The molecule has 0 saturated carbocycles. The molecule has 4 heterocycles. The molecular weight excluding hydrogens is 526 g/mol. The number of benzene rings is 2. The van der Waals surface area contributed by atoms with E-state index in [1.807, 2.05) is 47.0 Å². The van der Waals surface area contributed by atoms with Crippen LogP contribution in [0.25, 0.3) is 17.0 Å². The van der Waals surface area contributed by atoms with Crippen LogP contribution in [-0.4, -0.2) is 63.3 Å². The fourth-order valence-corrected chi connectivity index (χ4v) is 4.17. The van der Waals surface area contributed by atoms with Crippen LogP contribution in [0.15, 0.2) is 79.5 Å². The monoisotopic (exact) mass is 552 g/mol. The van der Waals surface area contributed by atoms with Gasteiger partial charge < -0.3 is 25.2 Å². The van der Waals surface area contributed by atoms with Gasteiger partial charge in [0.25, 0.3) is 5.75 Å². The second kappa shape index (κ2) is 11.5. The maximum atomic E-state index is 8.51. The van der Waals surface area contributed by atoms with Crippen molar-refractivity contribution in [3.63, 3.8) is 0 Å². The van der Waals surface area contributed by atoms with Gasteiger partial charge in [0, 0.05) is 18.5 Å². The molecule has 206 valence electrons. The normalized spacial score (nSPS) is 11.0. The van der Waals surface area contributed by atoms with Gasteiger partial charge in [0.15, 0.2) is 5.75 Å². The van der Waals surface area contributed by atoms with Crippen molar-refractivity contribution in [1.29, 1.82) is 0 Å². The van der Waals surface area contributed by atoms with E-state index in [0.717, 1.165) is 16.7 Å². The molecule has 0 bridgehead atoms. The lowest BCUT2D eigenvalue weighted by atomic mass is 10.2. The molecule has 4 aromatic heterocycles. The van der Waals surface area contributed by atoms with E-state index in [4.69, 9.17) is 19.6 Å². The molecule has 0 radical (unpaired) electrons. The highest BCUT2D eigenvalue weighted by molar-refractivity contribution is 5.80. The average Bonchev–Trinajstić information content (AvgIpc) is 3.65. The van der Waals surface area contributed by atoms with Gasteiger partial charge in [-0.15, -0.1) is 5.10 Å². The lowest BCUT2D eigenvalue weighted by Crippen LogP contribution is -2.11. The highest BCUT2D eigenvalue weighted by atomic mass is 16.5. The fraction of sp³-hybridized carbons (Fsp3) is 0.148. The first kappa shape index (κ1) is 25.5. The smallest absolute Gasteiger partial charge is 0.302 e. The molecule has 4 N–H and O–H groups in total. The van der Waals surface area contributed by atoms with E-state index in [9.17, 15) is 0 Å². The van der Waals surface area contributed by atoms with Gasteiger partial charge in [-0.1, -0.05) is 23.4 Å². The third kappa shape index (κ3) is 5.66. The summed E-state index contributed by atoms with van der Waals surface area (Å²) in [5.41, 5.74) is 3.04. The molecule has 0 aliphatic rings. The van der Waals surface area contributed by atoms with E-state index < -0.39 is 0 Å². The number of hydrogen-bond acceptors (Lipinski definition) is 11. The van der Waals surface area contributed by atoms with Gasteiger partial charge in [0.2, 0.25) is 17.8 Å². The van der Waals surface area contributed by atoms with Crippen molar-refractivity contribution in [2.24, 2.45) is 0 Å². The summed E-state index contributed by atoms with van der Waals surface area (Å²) in [6, 6.07) is 16.8. The largest absolute Gasteiger partial charge is 0.591 e. The Morgan fingerprint density at radius 1 is 0.976 bits per heavy atom. The number of anilines is 3. The molecule has 0 saturated heterocycles. The van der Waals surface area contributed by atoms with Crippen molar-refractivity contribution in [2.45, 2.75) is 13.1 Å². The lowest BCUT2D eigenvalue weighted by molar-refractivity contribution is 0.260. The SMILES string of the molecule is COc1cc(Nc2ncnc(-n3c(NCc4ccccn4)nc4ccccc43)n2)cc([OH2+])c1OCCn1ccnn1. The number of rotatable bonds is 11. The molecule has 41 heavy (non-hydrogen) atoms. The second-order valence-corrected chi connectivity index (χ2v) is 8.74. The molecule has 0 aliphatic heterocycles. The minimum Gasteiger partial charge on any atom is -0.591 e. The van der Waals surface area contributed by atoms with Gasteiger partial charge in [-0.3, -0.25) is 4.98 Å². The molecule has 0 atom stereocenters. The van der Waals surface area contributed by atoms with E-state index in [1.165, 1.54) is 13.4 Å². The summed E-state index contributed by atoms with van der Waals surface area (Å²) in [5, 5.41) is 22.7. The molecule has 6 rings (SSSR count). The van der Waals surface area contributed by atoms with Gasteiger partial charge >= 0.3 is 5.75 Å². The van der Waals surface area contributed by atoms with E-state index in [0.29, 0.717) is 48.8 Å². The number of methoxy groups -OCH3 is 1. The predicted molar refractivity (Wildman–Crippen MR) is 151 cm³/mol. The first-order valence-electron chi connectivity index (χ1n) is 12.7. The summed E-state index contributed by atoms with van der Waals surface area (Å²) in [5.74, 6) is 2.07. The summed E-state index contributed by atoms with van der Waals surface area (Å²) >= 11 is 0. The zero-order chi connectivity index (χ0) is 28.0. The minimum atomic E-state index is 0.140. The van der Waals surface area contributed by atoms with Crippen LogP contribution < -0.4 is 20.1 Å². The Morgan fingerprint density at radius 2 is 1.88 bits per heavy atom. The molecule has 0 aliphatic carbocycles. The average molecular weight is 553 g/mol. The number of nitrogens with one attached hydrogen (secondary N) is 2. The molecular formula is C27H26N11O3+. The number of fused-ring (bicyclic) bond motifs is 1. The summed E-state index contributed by atoms with van der Waals surface area (Å²) in [6.45, 7) is 1.25. The number of aromatic nitrogens is 9. The molecule has 0 amide bonds. The number of pyridine rings is 1. The Kier molecular flexibility index (Phi) is 7.17. The highest BCUT2D eigenvalue weighted by Gasteiger charge is 2.19. The van der Waals surface area contributed by atoms with E-state index in [2.05, 4.69) is 40.9 Å². The molecule has 0 fully saturated rings. The quantitative estimate of drug-likeness (QED) is 0.227. The van der Waals surface area contributed by atoms with Crippen LogP contribution in [0.4, 0.5) is 17.6 Å². The first-order valence-corrected chi connectivity index (χ1v) is 12.7. The summed E-state index contributed by atoms with van der Waals surface area (Å²) in [7, 11) is 1.52. The number of nitrogens with zero attached hydrogens (tertiary/aromatic N) is 9. The third-order valence-corrected chi connectivity index (χ3v) is 6.04. The first-order chi connectivity index (χ1) is 20.2. The number of hydrogen-bond donors (Lipinski definition) is 2. The molecule has 6 aromatic rings. The van der Waals surface area contributed by atoms with Crippen LogP contribution in [0.1, 0.15) is 5.69 Å². The Hall–Kier alpha value is -5.79. The molecule has 0 spiro atoms. The van der Waals surface area contributed by atoms with E-state index in [-0.39, 0.29) is 11.7 Å². The number of imidazole rings is 1. The molecule has 14 heteroatoms. The van der Waals surface area contributed by atoms with Crippen molar-refractivity contribution < 1.29 is 14.6 Å². The Bertz CT molecular complexity index is 1760. The maximum absolute atomic E-state index is 8.51. The summed E-state index contributed by atoms with van der Waals surface area (Å²) in [6.07, 6.45) is 6.50. The van der Waals surface area contributed by atoms with Gasteiger partial charge in [-0.25, -0.2) is 24.2 Å². The van der Waals surface area contributed by atoms with Gasteiger partial charge in [0.1, 0.15) is 12.9 Å². The van der Waals surface area contributed by atoms with E-state index in [1.54, 1.807) is 35.4 Å². The zero-order valence-corrected chi connectivity index (χ0v) is 22.0. The van der Waals surface area contributed by atoms with Crippen molar-refractivity contribution in [2.75, 3.05) is 24.4 Å². The molecule has 0 unspecified atom stereocenters. The summed E-state index contributed by atoms with van der Waals surface area (Å²) in [4.78, 5) is 22.5. The second-order valence-electron chi connectivity index (χ2n) is 8.74. The predicted octanol–water partition coefficient (Wildman–Crippen LogP) is 3.08. The lowest BCUT2D eigenvalue weighted by Gasteiger charge is -2.13.